The molecule has 0 aliphatic carbocycles. The van der Waals surface area contributed by atoms with Crippen molar-refractivity contribution >= 4 is 23.5 Å². The molecule has 1 rings (SSSR count). The number of nitrogens with two attached hydrogens (primary N) is 1. The molecule has 0 fully saturated rings. The average Bonchev–Trinajstić information content (AvgIpc) is 2.45. The van der Waals surface area contributed by atoms with Crippen molar-refractivity contribution in [3.63, 3.8) is 0 Å². The van der Waals surface area contributed by atoms with E-state index in [2.05, 4.69) is 5.32 Å². The van der Waals surface area contributed by atoms with Gasteiger partial charge >= 0.3 is 5.97 Å². The van der Waals surface area contributed by atoms with Gasteiger partial charge in [0.05, 0.1) is 18.7 Å². The fourth-order valence-electron chi connectivity index (χ4n) is 1.65. The van der Waals surface area contributed by atoms with Crippen LogP contribution in [-0.2, 0) is 9.59 Å². The number of rotatable bonds is 6. The second-order valence-electron chi connectivity index (χ2n) is 4.68. The van der Waals surface area contributed by atoms with Crippen molar-refractivity contribution in [2.75, 3.05) is 12.4 Å². The van der Waals surface area contributed by atoms with Crippen LogP contribution in [0.25, 0.3) is 0 Å². The summed E-state index contributed by atoms with van der Waals surface area (Å²) in [5.74, 6) is -3.41. The molecule has 0 bridgehead atoms. The first kappa shape index (κ1) is 16.5. The topological polar surface area (TPSA) is 119 Å². The number of nitrogens with one attached hydrogen (secondary N) is 1. The SMILES string of the molecule is COc1ccc(C(N)=O)cc1NC(=O)C(C)C(C)C(=O)O. The number of carbonyl (C=O) groups excluding carboxylic acids is 2. The first-order valence-corrected chi connectivity index (χ1v) is 6.29. The third-order valence-corrected chi connectivity index (χ3v) is 3.29. The summed E-state index contributed by atoms with van der Waals surface area (Å²) in [7, 11) is 1.41. The van der Waals surface area contributed by atoms with E-state index >= 15 is 0 Å². The van der Waals surface area contributed by atoms with E-state index in [0.717, 1.165) is 0 Å². The zero-order chi connectivity index (χ0) is 16.2. The molecular weight excluding hydrogens is 276 g/mol. The molecule has 0 saturated heterocycles. The highest BCUT2D eigenvalue weighted by Crippen LogP contribution is 2.26. The van der Waals surface area contributed by atoms with Gasteiger partial charge in [0, 0.05) is 11.5 Å². The van der Waals surface area contributed by atoms with Crippen molar-refractivity contribution in [2.24, 2.45) is 17.6 Å². The smallest absolute Gasteiger partial charge is 0.307 e. The predicted molar refractivity (Wildman–Crippen MR) is 76.1 cm³/mol. The molecule has 0 saturated carbocycles. The highest BCUT2D eigenvalue weighted by Gasteiger charge is 2.26. The number of aliphatic carboxylic acids is 1. The van der Waals surface area contributed by atoms with Crippen molar-refractivity contribution in [1.29, 1.82) is 0 Å². The van der Waals surface area contributed by atoms with Crippen LogP contribution in [0.1, 0.15) is 24.2 Å². The number of anilines is 1. The van der Waals surface area contributed by atoms with Crippen LogP contribution >= 0.6 is 0 Å². The van der Waals surface area contributed by atoms with E-state index in [1.165, 1.54) is 39.2 Å². The largest absolute Gasteiger partial charge is 0.495 e. The van der Waals surface area contributed by atoms with Gasteiger partial charge in [-0.3, -0.25) is 14.4 Å². The molecule has 2 amide bonds. The van der Waals surface area contributed by atoms with Gasteiger partial charge in [0.25, 0.3) is 0 Å². The fourth-order valence-corrected chi connectivity index (χ4v) is 1.65. The Labute approximate surface area is 122 Å². The summed E-state index contributed by atoms with van der Waals surface area (Å²) in [5, 5.41) is 11.5. The van der Waals surface area contributed by atoms with Gasteiger partial charge in [-0.15, -0.1) is 0 Å². The Kier molecular flexibility index (Phi) is 5.29. The summed E-state index contributed by atoms with van der Waals surface area (Å²) in [6.45, 7) is 2.96. The minimum atomic E-state index is -1.06. The number of carboxylic acids is 1. The van der Waals surface area contributed by atoms with E-state index in [9.17, 15) is 14.4 Å². The van der Waals surface area contributed by atoms with Gasteiger partial charge in [-0.1, -0.05) is 13.8 Å². The molecule has 0 heterocycles. The molecule has 1 aromatic rings. The summed E-state index contributed by atoms with van der Waals surface area (Å²) in [5.41, 5.74) is 5.66. The first-order valence-electron chi connectivity index (χ1n) is 6.29. The van der Waals surface area contributed by atoms with Gasteiger partial charge in [0.1, 0.15) is 5.75 Å². The number of carboxylic acid groups (broad SMARTS) is 1. The van der Waals surface area contributed by atoms with Crippen LogP contribution in [0.3, 0.4) is 0 Å². The summed E-state index contributed by atoms with van der Waals surface area (Å²) in [6, 6.07) is 4.36. The number of primary amides is 1. The lowest BCUT2D eigenvalue weighted by molar-refractivity contribution is -0.145. The molecule has 0 aliphatic rings. The molecule has 0 aromatic heterocycles. The van der Waals surface area contributed by atoms with Crippen molar-refractivity contribution < 1.29 is 24.2 Å². The number of methoxy groups -OCH3 is 1. The quantitative estimate of drug-likeness (QED) is 0.725. The second-order valence-corrected chi connectivity index (χ2v) is 4.68. The van der Waals surface area contributed by atoms with Crippen LogP contribution in [0.4, 0.5) is 5.69 Å². The number of ether oxygens (including phenoxy) is 1. The van der Waals surface area contributed by atoms with Gasteiger partial charge in [-0.25, -0.2) is 0 Å². The second kappa shape index (κ2) is 6.74. The fraction of sp³-hybridized carbons (Fsp3) is 0.357. The maximum absolute atomic E-state index is 12.1. The molecule has 1 aromatic carbocycles. The third-order valence-electron chi connectivity index (χ3n) is 3.29. The Morgan fingerprint density at radius 2 is 1.86 bits per heavy atom. The van der Waals surface area contributed by atoms with Crippen molar-refractivity contribution in [3.05, 3.63) is 23.8 Å². The summed E-state index contributed by atoms with van der Waals surface area (Å²) < 4.78 is 5.09. The molecular formula is C14H18N2O5. The molecule has 2 unspecified atom stereocenters. The summed E-state index contributed by atoms with van der Waals surface area (Å²) in [4.78, 5) is 34.1. The van der Waals surface area contributed by atoms with Crippen LogP contribution in [0.5, 0.6) is 5.75 Å². The highest BCUT2D eigenvalue weighted by molar-refractivity contribution is 5.99. The molecule has 2 atom stereocenters. The molecule has 21 heavy (non-hydrogen) atoms. The van der Waals surface area contributed by atoms with Crippen LogP contribution in [0.2, 0.25) is 0 Å². The number of hydrogen-bond donors (Lipinski definition) is 3. The van der Waals surface area contributed by atoms with Crippen LogP contribution in [0.15, 0.2) is 18.2 Å². The van der Waals surface area contributed by atoms with E-state index in [1.54, 1.807) is 0 Å². The Bertz CT molecular complexity index is 570. The van der Waals surface area contributed by atoms with E-state index in [-0.39, 0.29) is 11.3 Å². The van der Waals surface area contributed by atoms with Gasteiger partial charge in [-0.05, 0) is 18.2 Å². The predicted octanol–water partition coefficient (Wildman–Crippen LogP) is 1.09. The molecule has 7 nitrogen and oxygen atoms in total. The number of amides is 2. The van der Waals surface area contributed by atoms with Crippen LogP contribution in [0, 0.1) is 11.8 Å². The normalized spacial score (nSPS) is 13.1. The van der Waals surface area contributed by atoms with Crippen LogP contribution < -0.4 is 15.8 Å². The molecule has 7 heteroatoms. The Balaban J connectivity index is 3.00. The first-order chi connectivity index (χ1) is 9.77. The number of benzene rings is 1. The maximum Gasteiger partial charge on any atom is 0.307 e. The molecule has 114 valence electrons. The highest BCUT2D eigenvalue weighted by atomic mass is 16.5. The molecule has 4 N–H and O–H groups in total. The van der Waals surface area contributed by atoms with Gasteiger partial charge < -0.3 is 20.9 Å². The van der Waals surface area contributed by atoms with E-state index in [4.69, 9.17) is 15.6 Å². The van der Waals surface area contributed by atoms with Crippen LogP contribution in [-0.4, -0.2) is 30.0 Å². The standard InChI is InChI=1S/C14H18N2O5/c1-7(8(2)14(19)20)13(18)16-10-6-9(12(15)17)4-5-11(10)21-3/h4-8H,1-3H3,(H2,15,17)(H,16,18)(H,19,20). The minimum absolute atomic E-state index is 0.213. The maximum atomic E-state index is 12.1. The van der Waals surface area contributed by atoms with Gasteiger partial charge in [-0.2, -0.15) is 0 Å². The molecule has 0 aliphatic heterocycles. The lowest BCUT2D eigenvalue weighted by Crippen LogP contribution is -2.30. The Hall–Kier alpha value is -2.57. The van der Waals surface area contributed by atoms with Crippen molar-refractivity contribution in [2.45, 2.75) is 13.8 Å². The number of carbonyl (C=O) groups is 3. The zero-order valence-corrected chi connectivity index (χ0v) is 12.0. The minimum Gasteiger partial charge on any atom is -0.495 e. The van der Waals surface area contributed by atoms with Crippen molar-refractivity contribution in [1.82, 2.24) is 0 Å². The monoisotopic (exact) mass is 294 g/mol. The zero-order valence-electron chi connectivity index (χ0n) is 12.0. The number of hydrogen-bond acceptors (Lipinski definition) is 4. The van der Waals surface area contributed by atoms with Gasteiger partial charge in [0.2, 0.25) is 11.8 Å². The Morgan fingerprint density at radius 3 is 2.33 bits per heavy atom. The Morgan fingerprint density at radius 1 is 1.24 bits per heavy atom. The lowest BCUT2D eigenvalue weighted by Gasteiger charge is -2.17. The molecule has 0 radical (unpaired) electrons. The molecule has 0 spiro atoms. The van der Waals surface area contributed by atoms with Gasteiger partial charge in [0.15, 0.2) is 0 Å². The van der Waals surface area contributed by atoms with E-state index in [1.807, 2.05) is 0 Å². The third kappa shape index (κ3) is 3.95. The lowest BCUT2D eigenvalue weighted by atomic mass is 9.95. The summed E-state index contributed by atoms with van der Waals surface area (Å²) >= 11 is 0. The average molecular weight is 294 g/mol. The van der Waals surface area contributed by atoms with E-state index < -0.39 is 29.6 Å². The van der Waals surface area contributed by atoms with E-state index in [0.29, 0.717) is 5.75 Å². The van der Waals surface area contributed by atoms with Crippen molar-refractivity contribution in [3.8, 4) is 5.75 Å². The summed E-state index contributed by atoms with van der Waals surface area (Å²) in [6.07, 6.45) is 0.